The molecule has 0 bridgehead atoms. The van der Waals surface area contributed by atoms with Crippen LogP contribution in [0.4, 0.5) is 5.69 Å². The van der Waals surface area contributed by atoms with E-state index < -0.39 is 11.5 Å². The molecule has 0 saturated carbocycles. The van der Waals surface area contributed by atoms with Crippen molar-refractivity contribution < 1.29 is 9.47 Å². The van der Waals surface area contributed by atoms with E-state index in [1.807, 2.05) is 12.2 Å². The molecular weight excluding hydrogens is 446 g/mol. The number of morpholine rings is 1. The summed E-state index contributed by atoms with van der Waals surface area (Å²) in [5.41, 5.74) is 10.8. The number of anilines is 1. The number of hydrogen-bond donors (Lipinski definition) is 1. The molecule has 3 aliphatic rings. The maximum atomic E-state index is 6.08. The SMILES string of the molecule is C=CCCC(C=C)N1Cc2c(CCc3ccc(CN4C(=C)COC5(CC)OC45C)cc3)cccc2N1. The van der Waals surface area contributed by atoms with Crippen molar-refractivity contribution in [3.63, 3.8) is 0 Å². The number of aryl methyl sites for hydroxylation is 2. The van der Waals surface area contributed by atoms with Crippen molar-refractivity contribution in [2.24, 2.45) is 0 Å². The second kappa shape index (κ2) is 9.89. The zero-order valence-corrected chi connectivity index (χ0v) is 21.8. The molecule has 3 unspecified atom stereocenters. The minimum absolute atomic E-state index is 0.295. The Bertz CT molecular complexity index is 1140. The van der Waals surface area contributed by atoms with Crippen LogP contribution in [0.5, 0.6) is 0 Å². The minimum Gasteiger partial charge on any atom is -0.339 e. The van der Waals surface area contributed by atoms with E-state index in [1.165, 1.54) is 27.9 Å². The highest BCUT2D eigenvalue weighted by molar-refractivity contribution is 5.57. The zero-order valence-electron chi connectivity index (χ0n) is 21.8. The van der Waals surface area contributed by atoms with Gasteiger partial charge in [0, 0.05) is 31.2 Å². The molecule has 0 aromatic heterocycles. The van der Waals surface area contributed by atoms with Crippen LogP contribution in [0.2, 0.25) is 0 Å². The van der Waals surface area contributed by atoms with Crippen LogP contribution < -0.4 is 5.43 Å². The van der Waals surface area contributed by atoms with E-state index in [-0.39, 0.29) is 0 Å². The first-order valence-electron chi connectivity index (χ1n) is 13.2. The molecule has 190 valence electrons. The summed E-state index contributed by atoms with van der Waals surface area (Å²) in [4.78, 5) is 2.27. The number of nitrogens with one attached hydrogen (secondary N) is 1. The van der Waals surface area contributed by atoms with E-state index in [9.17, 15) is 0 Å². The molecule has 2 aromatic carbocycles. The van der Waals surface area contributed by atoms with Gasteiger partial charge in [0.05, 0.1) is 12.3 Å². The third-order valence-electron chi connectivity index (χ3n) is 8.11. The highest BCUT2D eigenvalue weighted by Gasteiger charge is 2.73. The maximum absolute atomic E-state index is 6.08. The van der Waals surface area contributed by atoms with E-state index >= 15 is 0 Å². The molecule has 2 saturated heterocycles. The van der Waals surface area contributed by atoms with Crippen LogP contribution in [0.3, 0.4) is 0 Å². The molecule has 3 atom stereocenters. The lowest BCUT2D eigenvalue weighted by atomic mass is 9.98. The molecule has 0 aliphatic carbocycles. The van der Waals surface area contributed by atoms with Crippen LogP contribution in [0.15, 0.2) is 80.1 Å². The van der Waals surface area contributed by atoms with Gasteiger partial charge in [0.1, 0.15) is 0 Å². The van der Waals surface area contributed by atoms with Gasteiger partial charge in [0.2, 0.25) is 5.79 Å². The van der Waals surface area contributed by atoms with Crippen molar-refractivity contribution in [2.75, 3.05) is 12.0 Å². The molecular formula is C31H39N3O2. The summed E-state index contributed by atoms with van der Waals surface area (Å²) in [7, 11) is 0. The van der Waals surface area contributed by atoms with Gasteiger partial charge in [0.25, 0.3) is 0 Å². The molecule has 2 aromatic rings. The average molecular weight is 486 g/mol. The van der Waals surface area contributed by atoms with Gasteiger partial charge in [-0.2, -0.15) is 0 Å². The second-order valence-corrected chi connectivity index (χ2v) is 10.3. The Morgan fingerprint density at radius 3 is 2.61 bits per heavy atom. The topological polar surface area (TPSA) is 40.3 Å². The number of ether oxygens (including phenoxy) is 2. The van der Waals surface area contributed by atoms with Gasteiger partial charge >= 0.3 is 0 Å². The first-order valence-corrected chi connectivity index (χ1v) is 13.2. The molecule has 5 rings (SSSR count). The largest absolute Gasteiger partial charge is 0.339 e. The van der Waals surface area contributed by atoms with Crippen LogP contribution in [-0.2, 0) is 35.4 Å². The highest BCUT2D eigenvalue weighted by atomic mass is 16.8. The molecule has 1 N–H and O–H groups in total. The number of rotatable bonds is 11. The highest BCUT2D eigenvalue weighted by Crippen LogP contribution is 2.57. The zero-order chi connectivity index (χ0) is 25.3. The normalized spacial score (nSPS) is 25.6. The van der Waals surface area contributed by atoms with E-state index in [0.29, 0.717) is 12.6 Å². The summed E-state index contributed by atoms with van der Waals surface area (Å²) in [6.07, 6.45) is 8.90. The van der Waals surface area contributed by atoms with Gasteiger partial charge in [0.15, 0.2) is 5.72 Å². The monoisotopic (exact) mass is 485 g/mol. The Hall–Kier alpha value is -2.86. The van der Waals surface area contributed by atoms with Crippen LogP contribution in [-0.4, -0.2) is 34.1 Å². The Labute approximate surface area is 216 Å². The van der Waals surface area contributed by atoms with Crippen molar-refractivity contribution >= 4 is 5.69 Å². The fourth-order valence-corrected chi connectivity index (χ4v) is 5.75. The average Bonchev–Trinajstić information content (AvgIpc) is 3.30. The number of allylic oxidation sites excluding steroid dienone is 1. The Morgan fingerprint density at radius 2 is 1.89 bits per heavy atom. The van der Waals surface area contributed by atoms with E-state index in [4.69, 9.17) is 9.47 Å². The molecule has 36 heavy (non-hydrogen) atoms. The molecule has 3 heterocycles. The summed E-state index contributed by atoms with van der Waals surface area (Å²) in [6, 6.07) is 15.9. The fourth-order valence-electron chi connectivity index (χ4n) is 5.75. The fraction of sp³-hybridized carbons (Fsp3) is 0.419. The van der Waals surface area contributed by atoms with Crippen molar-refractivity contribution in [3.05, 3.63) is 102 Å². The molecule has 5 heteroatoms. The van der Waals surface area contributed by atoms with E-state index in [0.717, 1.165) is 50.9 Å². The standard InChI is InChI=1S/C31H39N3O2/c1-6-9-12-27(7-2)34-21-28-26(11-10-13-29(28)32-34)19-18-24-14-16-25(17-15-24)20-33-23(4)22-35-31(8-3)30(33,5)36-31/h6-7,10-11,13-17,27,32H,1-2,4,8-9,12,18-22H2,3,5H3. The van der Waals surface area contributed by atoms with Crippen molar-refractivity contribution in [1.82, 2.24) is 9.91 Å². The Morgan fingerprint density at radius 1 is 1.11 bits per heavy atom. The van der Waals surface area contributed by atoms with Crippen molar-refractivity contribution in [3.8, 4) is 0 Å². The Kier molecular flexibility index (Phi) is 6.82. The third kappa shape index (κ3) is 4.40. The summed E-state index contributed by atoms with van der Waals surface area (Å²) in [5.74, 6) is -0.480. The van der Waals surface area contributed by atoms with Gasteiger partial charge in [-0.05, 0) is 60.9 Å². The predicted octanol–water partition coefficient (Wildman–Crippen LogP) is 6.33. The molecule has 0 spiro atoms. The van der Waals surface area contributed by atoms with Gasteiger partial charge in [-0.25, -0.2) is 5.01 Å². The number of fused-ring (bicyclic) bond motifs is 2. The number of hydrogen-bond acceptors (Lipinski definition) is 5. The molecule has 0 radical (unpaired) electrons. The van der Waals surface area contributed by atoms with Gasteiger partial charge in [-0.3, -0.25) is 0 Å². The smallest absolute Gasteiger partial charge is 0.219 e. The predicted molar refractivity (Wildman–Crippen MR) is 146 cm³/mol. The molecule has 5 nitrogen and oxygen atoms in total. The van der Waals surface area contributed by atoms with Crippen LogP contribution in [0, 0.1) is 0 Å². The number of epoxide rings is 1. The lowest BCUT2D eigenvalue weighted by Crippen LogP contribution is -2.47. The van der Waals surface area contributed by atoms with Crippen LogP contribution >= 0.6 is 0 Å². The number of benzene rings is 2. The first kappa shape index (κ1) is 24.8. The summed E-state index contributed by atoms with van der Waals surface area (Å²) in [6.45, 7) is 18.6. The minimum atomic E-state index is -0.480. The van der Waals surface area contributed by atoms with Crippen molar-refractivity contribution in [2.45, 2.75) is 76.6 Å². The summed E-state index contributed by atoms with van der Waals surface area (Å²) in [5, 5.41) is 2.30. The second-order valence-electron chi connectivity index (χ2n) is 10.3. The number of nitrogens with zero attached hydrogens (tertiary/aromatic N) is 2. The lowest BCUT2D eigenvalue weighted by molar-refractivity contribution is -0.0619. The van der Waals surface area contributed by atoms with Crippen LogP contribution in [0.25, 0.3) is 0 Å². The van der Waals surface area contributed by atoms with Gasteiger partial charge in [-0.1, -0.05) is 62.1 Å². The lowest BCUT2D eigenvalue weighted by Gasteiger charge is -2.37. The molecule has 3 aliphatic heterocycles. The van der Waals surface area contributed by atoms with Gasteiger partial charge < -0.3 is 19.8 Å². The van der Waals surface area contributed by atoms with Crippen LogP contribution in [0.1, 0.15) is 55.4 Å². The third-order valence-corrected chi connectivity index (χ3v) is 8.11. The number of hydrazine groups is 1. The quantitative estimate of drug-likeness (QED) is 0.297. The summed E-state index contributed by atoms with van der Waals surface area (Å²) < 4.78 is 12.0. The Balaban J connectivity index is 1.20. The first-order chi connectivity index (χ1) is 17.4. The van der Waals surface area contributed by atoms with Gasteiger partial charge in [-0.15, -0.1) is 13.2 Å². The van der Waals surface area contributed by atoms with Crippen molar-refractivity contribution in [1.29, 1.82) is 0 Å². The van der Waals surface area contributed by atoms with E-state index in [1.54, 1.807) is 0 Å². The maximum Gasteiger partial charge on any atom is 0.219 e. The van der Waals surface area contributed by atoms with E-state index in [2.05, 4.69) is 91.4 Å². The molecule has 2 fully saturated rings. The summed E-state index contributed by atoms with van der Waals surface area (Å²) >= 11 is 0. The molecule has 0 amide bonds.